The van der Waals surface area contributed by atoms with E-state index in [2.05, 4.69) is 4.98 Å². The number of carbonyl (C=O) groups is 2. The number of para-hydroxylation sites is 1. The van der Waals surface area contributed by atoms with Crippen molar-refractivity contribution in [1.82, 2.24) is 9.88 Å². The van der Waals surface area contributed by atoms with Gasteiger partial charge in [0.05, 0.1) is 12.1 Å². The first-order valence-electron chi connectivity index (χ1n) is 6.13. The van der Waals surface area contributed by atoms with E-state index in [0.29, 0.717) is 18.5 Å². The third kappa shape index (κ3) is 1.79. The number of H-pyrrole nitrogens is 1. The molecule has 1 saturated heterocycles. The molecule has 0 spiro atoms. The van der Waals surface area contributed by atoms with Gasteiger partial charge in [-0.15, -0.1) is 0 Å². The monoisotopic (exact) mass is 242 g/mol. The summed E-state index contributed by atoms with van der Waals surface area (Å²) in [5.74, 6) is 0.0925. The number of benzene rings is 1. The number of Topliss-reactive ketones (excluding diaryl/α,β-unsaturated/α-hetero) is 1. The highest BCUT2D eigenvalue weighted by Crippen LogP contribution is 2.20. The molecule has 4 nitrogen and oxygen atoms in total. The van der Waals surface area contributed by atoms with E-state index in [1.165, 1.54) is 0 Å². The summed E-state index contributed by atoms with van der Waals surface area (Å²) in [6.45, 7) is 0.919. The molecule has 1 aliphatic rings. The van der Waals surface area contributed by atoms with Crippen molar-refractivity contribution < 1.29 is 9.59 Å². The van der Waals surface area contributed by atoms with E-state index in [4.69, 9.17) is 0 Å². The van der Waals surface area contributed by atoms with Crippen LogP contribution in [-0.2, 0) is 4.79 Å². The van der Waals surface area contributed by atoms with Crippen molar-refractivity contribution >= 4 is 22.6 Å². The van der Waals surface area contributed by atoms with Crippen molar-refractivity contribution in [2.45, 2.75) is 12.8 Å². The number of piperidine rings is 1. The molecule has 2 heterocycles. The van der Waals surface area contributed by atoms with Crippen LogP contribution in [0.1, 0.15) is 23.2 Å². The van der Waals surface area contributed by atoms with Crippen LogP contribution in [0.15, 0.2) is 30.5 Å². The molecule has 1 amide bonds. The van der Waals surface area contributed by atoms with Crippen LogP contribution in [0.25, 0.3) is 10.9 Å². The molecule has 0 aliphatic carbocycles. The Morgan fingerprint density at radius 1 is 1.28 bits per heavy atom. The molecule has 1 fully saturated rings. The molecule has 92 valence electrons. The number of amides is 1. The Labute approximate surface area is 105 Å². The van der Waals surface area contributed by atoms with Crippen molar-refractivity contribution in [3.05, 3.63) is 36.0 Å². The molecular formula is C14H14N2O2. The van der Waals surface area contributed by atoms with Crippen molar-refractivity contribution in [2.24, 2.45) is 0 Å². The lowest BCUT2D eigenvalue weighted by Gasteiger charge is -2.25. The summed E-state index contributed by atoms with van der Waals surface area (Å²) in [5, 5.41) is 0.917. The number of fused-ring (bicyclic) bond motifs is 1. The molecule has 18 heavy (non-hydrogen) atoms. The molecule has 0 saturated carbocycles. The number of aromatic amines is 1. The van der Waals surface area contributed by atoms with E-state index >= 15 is 0 Å². The topological polar surface area (TPSA) is 53.2 Å². The van der Waals surface area contributed by atoms with Gasteiger partial charge in [0.15, 0.2) is 5.78 Å². The largest absolute Gasteiger partial charge is 0.360 e. The highest BCUT2D eigenvalue weighted by Gasteiger charge is 2.24. The van der Waals surface area contributed by atoms with Crippen LogP contribution in [0.2, 0.25) is 0 Å². The fraction of sp³-hybridized carbons (Fsp3) is 0.286. The summed E-state index contributed by atoms with van der Waals surface area (Å²) in [4.78, 5) is 28.5. The predicted octanol–water partition coefficient (Wildman–Crippen LogP) is 1.97. The molecule has 0 atom stereocenters. The van der Waals surface area contributed by atoms with Crippen LogP contribution < -0.4 is 0 Å². The van der Waals surface area contributed by atoms with Crippen molar-refractivity contribution in [2.75, 3.05) is 13.1 Å². The van der Waals surface area contributed by atoms with E-state index in [-0.39, 0.29) is 18.2 Å². The summed E-state index contributed by atoms with van der Waals surface area (Å²) in [7, 11) is 0. The smallest absolute Gasteiger partial charge is 0.256 e. The van der Waals surface area contributed by atoms with Gasteiger partial charge in [0.1, 0.15) is 0 Å². The summed E-state index contributed by atoms with van der Waals surface area (Å²) in [6, 6.07) is 7.70. The van der Waals surface area contributed by atoms with Gasteiger partial charge in [0.25, 0.3) is 5.91 Å². The summed E-state index contributed by atoms with van der Waals surface area (Å²) in [5.41, 5.74) is 1.60. The second-order valence-corrected chi connectivity index (χ2v) is 4.62. The predicted molar refractivity (Wildman–Crippen MR) is 68.4 cm³/mol. The average molecular weight is 242 g/mol. The molecule has 0 bridgehead atoms. The Hall–Kier alpha value is -2.10. The van der Waals surface area contributed by atoms with Gasteiger partial charge in [-0.05, 0) is 12.5 Å². The molecule has 1 aromatic carbocycles. The van der Waals surface area contributed by atoms with Gasteiger partial charge in [0, 0.05) is 30.1 Å². The third-order valence-electron chi connectivity index (χ3n) is 3.36. The Balaban J connectivity index is 1.94. The minimum absolute atomic E-state index is 0.0551. The first-order valence-corrected chi connectivity index (χ1v) is 6.13. The first-order chi connectivity index (χ1) is 8.75. The summed E-state index contributed by atoms with van der Waals surface area (Å²) >= 11 is 0. The highest BCUT2D eigenvalue weighted by atomic mass is 16.2. The molecule has 1 aromatic heterocycles. The number of rotatable bonds is 1. The van der Waals surface area contributed by atoms with E-state index in [0.717, 1.165) is 17.3 Å². The lowest BCUT2D eigenvalue weighted by Crippen LogP contribution is -2.40. The SMILES string of the molecule is O=C1CCCN(C(=O)c2c[nH]c3ccccc23)C1. The third-order valence-corrected chi connectivity index (χ3v) is 3.36. The van der Waals surface area contributed by atoms with Crippen molar-refractivity contribution in [3.8, 4) is 0 Å². The molecular weight excluding hydrogens is 228 g/mol. The second kappa shape index (κ2) is 4.29. The molecule has 1 N–H and O–H groups in total. The zero-order valence-electron chi connectivity index (χ0n) is 9.98. The van der Waals surface area contributed by atoms with E-state index < -0.39 is 0 Å². The molecule has 1 aliphatic heterocycles. The lowest BCUT2D eigenvalue weighted by molar-refractivity contribution is -0.121. The normalized spacial score (nSPS) is 16.2. The summed E-state index contributed by atoms with van der Waals surface area (Å²) in [6.07, 6.45) is 3.09. The molecule has 0 radical (unpaired) electrons. The second-order valence-electron chi connectivity index (χ2n) is 4.62. The number of nitrogens with one attached hydrogen (secondary N) is 1. The van der Waals surface area contributed by atoms with E-state index in [1.54, 1.807) is 11.1 Å². The standard InChI is InChI=1S/C14H14N2O2/c17-10-4-3-7-16(9-10)14(18)12-8-15-13-6-2-1-5-11(12)13/h1-2,5-6,8,15H,3-4,7,9H2. The van der Waals surface area contributed by atoms with Gasteiger partial charge in [-0.1, -0.05) is 18.2 Å². The van der Waals surface area contributed by atoms with Crippen LogP contribution in [0, 0.1) is 0 Å². The minimum Gasteiger partial charge on any atom is -0.360 e. The maximum absolute atomic E-state index is 12.4. The number of ketones is 1. The van der Waals surface area contributed by atoms with Gasteiger partial charge < -0.3 is 9.88 Å². The fourth-order valence-electron chi connectivity index (χ4n) is 2.43. The number of likely N-dealkylation sites (tertiary alicyclic amines) is 1. The van der Waals surface area contributed by atoms with Gasteiger partial charge in [-0.3, -0.25) is 9.59 Å². The number of nitrogens with zero attached hydrogens (tertiary/aromatic N) is 1. The maximum atomic E-state index is 12.4. The van der Waals surface area contributed by atoms with Gasteiger partial charge in [-0.25, -0.2) is 0 Å². The first kappa shape index (κ1) is 11.0. The van der Waals surface area contributed by atoms with E-state index in [1.807, 2.05) is 24.3 Å². The van der Waals surface area contributed by atoms with Crippen molar-refractivity contribution in [1.29, 1.82) is 0 Å². The molecule has 2 aromatic rings. The Kier molecular flexibility index (Phi) is 2.63. The fourth-order valence-corrected chi connectivity index (χ4v) is 2.43. The molecule has 0 unspecified atom stereocenters. The number of hydrogen-bond acceptors (Lipinski definition) is 2. The zero-order chi connectivity index (χ0) is 12.5. The quantitative estimate of drug-likeness (QED) is 0.831. The maximum Gasteiger partial charge on any atom is 0.256 e. The van der Waals surface area contributed by atoms with Crippen LogP contribution in [0.3, 0.4) is 0 Å². The molecule has 4 heteroatoms. The highest BCUT2D eigenvalue weighted by molar-refractivity contribution is 6.07. The van der Waals surface area contributed by atoms with Crippen molar-refractivity contribution in [3.63, 3.8) is 0 Å². The van der Waals surface area contributed by atoms with Gasteiger partial charge >= 0.3 is 0 Å². The lowest BCUT2D eigenvalue weighted by atomic mass is 10.1. The van der Waals surface area contributed by atoms with E-state index in [9.17, 15) is 9.59 Å². The molecule has 3 rings (SSSR count). The van der Waals surface area contributed by atoms with Crippen LogP contribution in [0.5, 0.6) is 0 Å². The number of aromatic nitrogens is 1. The van der Waals surface area contributed by atoms with Gasteiger partial charge in [0.2, 0.25) is 0 Å². The van der Waals surface area contributed by atoms with Crippen LogP contribution in [0.4, 0.5) is 0 Å². The van der Waals surface area contributed by atoms with Gasteiger partial charge in [-0.2, -0.15) is 0 Å². The average Bonchev–Trinajstić information content (AvgIpc) is 2.82. The van der Waals surface area contributed by atoms with Crippen LogP contribution >= 0.6 is 0 Å². The Bertz CT molecular complexity index is 615. The minimum atomic E-state index is -0.0551. The number of hydrogen-bond donors (Lipinski definition) is 1. The van der Waals surface area contributed by atoms with Crippen LogP contribution in [-0.4, -0.2) is 34.7 Å². The Morgan fingerprint density at radius 3 is 2.94 bits per heavy atom. The Morgan fingerprint density at radius 2 is 2.11 bits per heavy atom. The number of carbonyl (C=O) groups excluding carboxylic acids is 2. The summed E-state index contributed by atoms with van der Waals surface area (Å²) < 4.78 is 0. The zero-order valence-corrected chi connectivity index (χ0v) is 9.98.